The fourth-order valence-corrected chi connectivity index (χ4v) is 5.05. The Kier molecular flexibility index (Phi) is 9.12. The molecule has 38 heavy (non-hydrogen) atoms. The Morgan fingerprint density at radius 3 is 2.24 bits per heavy atom. The first-order valence-corrected chi connectivity index (χ1v) is 14.9. The zero-order valence-electron chi connectivity index (χ0n) is 22.0. The van der Waals surface area contributed by atoms with E-state index in [4.69, 9.17) is 14.3 Å². The Bertz CT molecular complexity index is 1480. The average Bonchev–Trinajstić information content (AvgIpc) is 2.88. The standard InChI is InChI=1S/C24H31N5O7S2/c1-7-35-29(37(30,31)8-2)24-22(36-20-12-10-9-11-19(20)34-6)23(26-17(5)27-24)28-38(32,33)21-14-13-18(15-25-21)16(3)4/h9-16H,7-8H2,1-6H3,(H,26,27,28). The van der Waals surface area contributed by atoms with Crippen LogP contribution in [0, 0.1) is 6.92 Å². The molecule has 0 radical (unpaired) electrons. The highest BCUT2D eigenvalue weighted by Crippen LogP contribution is 2.41. The number of para-hydroxylation sites is 2. The number of ether oxygens (including phenoxy) is 2. The molecule has 3 aromatic rings. The molecule has 0 saturated heterocycles. The molecule has 1 N–H and O–H groups in total. The Balaban J connectivity index is 2.22. The minimum absolute atomic E-state index is 0.0242. The minimum atomic E-state index is -4.27. The number of anilines is 2. The molecule has 0 unspecified atom stereocenters. The van der Waals surface area contributed by atoms with Crippen LogP contribution >= 0.6 is 0 Å². The van der Waals surface area contributed by atoms with Crippen LogP contribution in [0.15, 0.2) is 47.6 Å². The van der Waals surface area contributed by atoms with Crippen LogP contribution in [-0.2, 0) is 24.9 Å². The molecule has 206 valence electrons. The van der Waals surface area contributed by atoms with Gasteiger partial charge >= 0.3 is 0 Å². The zero-order chi connectivity index (χ0) is 28.1. The molecule has 0 saturated carbocycles. The summed E-state index contributed by atoms with van der Waals surface area (Å²) in [6.45, 7) is 8.42. The molecule has 2 heterocycles. The number of methoxy groups -OCH3 is 1. The van der Waals surface area contributed by atoms with E-state index >= 15 is 0 Å². The van der Waals surface area contributed by atoms with Crippen molar-refractivity contribution in [3.63, 3.8) is 0 Å². The van der Waals surface area contributed by atoms with E-state index in [1.165, 1.54) is 33.2 Å². The van der Waals surface area contributed by atoms with Crippen LogP contribution in [0.3, 0.4) is 0 Å². The number of hydrogen-bond acceptors (Lipinski definition) is 10. The quantitative estimate of drug-likeness (QED) is 0.319. The normalized spacial score (nSPS) is 11.9. The first-order chi connectivity index (χ1) is 17.9. The van der Waals surface area contributed by atoms with Gasteiger partial charge in [-0.3, -0.25) is 9.56 Å². The van der Waals surface area contributed by atoms with E-state index in [0.29, 0.717) is 10.2 Å². The van der Waals surface area contributed by atoms with Gasteiger partial charge in [-0.25, -0.2) is 23.4 Å². The first kappa shape index (κ1) is 29.1. The van der Waals surface area contributed by atoms with Gasteiger partial charge < -0.3 is 9.47 Å². The molecule has 1 aromatic carbocycles. The van der Waals surface area contributed by atoms with Crippen LogP contribution in [0.5, 0.6) is 17.2 Å². The van der Waals surface area contributed by atoms with Crippen LogP contribution < -0.4 is 18.7 Å². The van der Waals surface area contributed by atoms with E-state index in [-0.39, 0.29) is 52.3 Å². The maximum absolute atomic E-state index is 13.3. The molecule has 0 amide bonds. The Labute approximate surface area is 223 Å². The highest BCUT2D eigenvalue weighted by molar-refractivity contribution is 7.92. The van der Waals surface area contributed by atoms with Crippen molar-refractivity contribution in [2.75, 3.05) is 28.7 Å². The summed E-state index contributed by atoms with van der Waals surface area (Å²) in [7, 11) is -6.87. The Morgan fingerprint density at radius 1 is 1.00 bits per heavy atom. The second-order valence-electron chi connectivity index (χ2n) is 8.26. The number of benzene rings is 1. The van der Waals surface area contributed by atoms with Gasteiger partial charge in [-0.15, -0.1) is 4.47 Å². The predicted molar refractivity (Wildman–Crippen MR) is 143 cm³/mol. The molecule has 3 rings (SSSR count). The maximum Gasteiger partial charge on any atom is 0.280 e. The van der Waals surface area contributed by atoms with E-state index in [1.807, 2.05) is 13.8 Å². The number of hydrogen-bond donors (Lipinski definition) is 1. The highest BCUT2D eigenvalue weighted by Gasteiger charge is 2.32. The van der Waals surface area contributed by atoms with Crippen molar-refractivity contribution in [2.24, 2.45) is 0 Å². The largest absolute Gasteiger partial charge is 0.493 e. The van der Waals surface area contributed by atoms with Gasteiger partial charge in [0, 0.05) is 6.20 Å². The van der Waals surface area contributed by atoms with E-state index < -0.39 is 20.0 Å². The van der Waals surface area contributed by atoms with Gasteiger partial charge in [0.25, 0.3) is 20.0 Å². The highest BCUT2D eigenvalue weighted by atomic mass is 32.2. The summed E-state index contributed by atoms with van der Waals surface area (Å²) in [6.07, 6.45) is 1.48. The van der Waals surface area contributed by atoms with Gasteiger partial charge in [-0.2, -0.15) is 8.42 Å². The molecule has 0 aliphatic rings. The Morgan fingerprint density at radius 2 is 1.68 bits per heavy atom. The minimum Gasteiger partial charge on any atom is -0.493 e. The van der Waals surface area contributed by atoms with Crippen molar-refractivity contribution in [3.8, 4) is 17.2 Å². The van der Waals surface area contributed by atoms with E-state index in [1.54, 1.807) is 37.3 Å². The van der Waals surface area contributed by atoms with E-state index in [0.717, 1.165) is 5.56 Å². The van der Waals surface area contributed by atoms with Crippen LogP contribution in [0.4, 0.5) is 11.6 Å². The lowest BCUT2D eigenvalue weighted by atomic mass is 10.1. The molecule has 0 fully saturated rings. The predicted octanol–water partition coefficient (Wildman–Crippen LogP) is 4.01. The summed E-state index contributed by atoms with van der Waals surface area (Å²) in [5.41, 5.74) is 0.862. The topological polar surface area (TPSA) is 150 Å². The number of pyridine rings is 1. The van der Waals surface area contributed by atoms with Gasteiger partial charge in [0.15, 0.2) is 22.3 Å². The van der Waals surface area contributed by atoms with Crippen molar-refractivity contribution in [2.45, 2.75) is 45.6 Å². The third kappa shape index (κ3) is 6.49. The molecule has 0 aliphatic heterocycles. The smallest absolute Gasteiger partial charge is 0.280 e. The second-order valence-corrected chi connectivity index (χ2v) is 12.0. The average molecular weight is 566 g/mol. The molecule has 0 atom stereocenters. The molecular formula is C24H31N5O7S2. The molecule has 12 nitrogen and oxygen atoms in total. The van der Waals surface area contributed by atoms with Crippen LogP contribution in [0.2, 0.25) is 0 Å². The lowest BCUT2D eigenvalue weighted by Gasteiger charge is -2.24. The number of nitrogens with one attached hydrogen (secondary N) is 1. The van der Waals surface area contributed by atoms with Gasteiger partial charge in [0.2, 0.25) is 11.6 Å². The summed E-state index contributed by atoms with van der Waals surface area (Å²) < 4.78 is 66.9. The van der Waals surface area contributed by atoms with Crippen molar-refractivity contribution in [3.05, 3.63) is 54.0 Å². The molecule has 2 aromatic heterocycles. The summed E-state index contributed by atoms with van der Waals surface area (Å²) in [5, 5.41) is -0.259. The van der Waals surface area contributed by atoms with Crippen LogP contribution in [0.1, 0.15) is 45.0 Å². The van der Waals surface area contributed by atoms with Crippen molar-refractivity contribution >= 4 is 31.7 Å². The van der Waals surface area contributed by atoms with Gasteiger partial charge in [0.05, 0.1) is 19.5 Å². The lowest BCUT2D eigenvalue weighted by Crippen LogP contribution is -2.34. The Hall–Kier alpha value is -3.49. The maximum atomic E-state index is 13.3. The summed E-state index contributed by atoms with van der Waals surface area (Å²) in [5.74, 6) is -0.578. The number of nitrogens with zero attached hydrogens (tertiary/aromatic N) is 4. The lowest BCUT2D eigenvalue weighted by molar-refractivity contribution is 0.160. The summed E-state index contributed by atoms with van der Waals surface area (Å²) >= 11 is 0. The van der Waals surface area contributed by atoms with E-state index in [9.17, 15) is 16.8 Å². The fraction of sp³-hybridized carbons (Fsp3) is 0.375. The second kappa shape index (κ2) is 11.9. The molecule has 14 heteroatoms. The third-order valence-corrected chi connectivity index (χ3v) is 7.98. The van der Waals surface area contributed by atoms with Gasteiger partial charge in [0.1, 0.15) is 5.82 Å². The third-order valence-electron chi connectivity index (χ3n) is 5.21. The van der Waals surface area contributed by atoms with Crippen LogP contribution in [-0.4, -0.2) is 51.3 Å². The molecule has 0 aliphatic carbocycles. The number of aryl methyl sites for hydroxylation is 1. The molecule has 0 bridgehead atoms. The van der Waals surface area contributed by atoms with Crippen LogP contribution in [0.25, 0.3) is 0 Å². The number of sulfonamides is 2. The van der Waals surface area contributed by atoms with E-state index in [2.05, 4.69) is 19.7 Å². The molecular weight excluding hydrogens is 534 g/mol. The summed E-state index contributed by atoms with van der Waals surface area (Å²) in [6, 6.07) is 9.60. The first-order valence-electron chi connectivity index (χ1n) is 11.8. The zero-order valence-corrected chi connectivity index (χ0v) is 23.6. The number of aromatic nitrogens is 3. The molecule has 0 spiro atoms. The monoisotopic (exact) mass is 565 g/mol. The summed E-state index contributed by atoms with van der Waals surface area (Å²) in [4.78, 5) is 18.0. The van der Waals surface area contributed by atoms with Crippen molar-refractivity contribution < 1.29 is 31.1 Å². The van der Waals surface area contributed by atoms with Gasteiger partial charge in [-0.1, -0.05) is 32.0 Å². The van der Waals surface area contributed by atoms with Gasteiger partial charge in [-0.05, 0) is 50.5 Å². The fourth-order valence-electron chi connectivity index (χ4n) is 3.23. The van der Waals surface area contributed by atoms with Crippen molar-refractivity contribution in [1.29, 1.82) is 0 Å². The SMILES string of the molecule is CCON(c1nc(C)nc(NS(=O)(=O)c2ccc(C(C)C)cn2)c1Oc1ccccc1OC)S(=O)(=O)CC. The number of rotatable bonds is 12. The van der Waals surface area contributed by atoms with Crippen molar-refractivity contribution in [1.82, 2.24) is 15.0 Å².